The smallest absolute Gasteiger partial charge is 0.274 e. The molecule has 0 spiro atoms. The first-order valence-corrected chi connectivity index (χ1v) is 8.96. The highest BCUT2D eigenvalue weighted by Crippen LogP contribution is 2.16. The molecule has 0 bridgehead atoms. The van der Waals surface area contributed by atoms with Crippen LogP contribution < -0.4 is 0 Å². The van der Waals surface area contributed by atoms with Crippen molar-refractivity contribution in [2.45, 2.75) is 26.2 Å². The number of benzene rings is 1. The summed E-state index contributed by atoms with van der Waals surface area (Å²) < 4.78 is 0. The monoisotopic (exact) mass is 352 g/mol. The predicted octanol–water partition coefficient (Wildman–Crippen LogP) is 2.13. The lowest BCUT2D eigenvalue weighted by atomic mass is 10.0. The molecule has 1 aromatic carbocycles. The number of amides is 2. The maximum Gasteiger partial charge on any atom is 0.274 e. The molecule has 1 aliphatic rings. The number of hydrogen-bond acceptors (Lipinski definition) is 4. The predicted molar refractivity (Wildman–Crippen MR) is 98.8 cm³/mol. The van der Waals surface area contributed by atoms with Crippen LogP contribution in [0.15, 0.2) is 42.9 Å². The molecule has 0 N–H and O–H groups in total. The van der Waals surface area contributed by atoms with E-state index in [0.717, 1.165) is 5.56 Å². The Bertz CT molecular complexity index is 751. The Kier molecular flexibility index (Phi) is 5.61. The van der Waals surface area contributed by atoms with Crippen molar-refractivity contribution in [3.8, 4) is 0 Å². The highest BCUT2D eigenvalue weighted by Gasteiger charge is 2.25. The Morgan fingerprint density at radius 1 is 1.00 bits per heavy atom. The minimum Gasteiger partial charge on any atom is -0.339 e. The molecule has 0 unspecified atom stereocenters. The third kappa shape index (κ3) is 4.25. The molecule has 1 aromatic heterocycles. The second-order valence-corrected chi connectivity index (χ2v) is 6.84. The van der Waals surface area contributed by atoms with Crippen LogP contribution in [0.5, 0.6) is 0 Å². The van der Waals surface area contributed by atoms with Gasteiger partial charge < -0.3 is 9.80 Å². The highest BCUT2D eigenvalue weighted by atomic mass is 16.2. The minimum atomic E-state index is -0.130. The van der Waals surface area contributed by atoms with E-state index in [9.17, 15) is 9.59 Å². The Morgan fingerprint density at radius 2 is 1.65 bits per heavy atom. The molecule has 0 radical (unpaired) electrons. The molecular formula is C20H24N4O2. The van der Waals surface area contributed by atoms with Gasteiger partial charge in [0, 0.05) is 38.6 Å². The van der Waals surface area contributed by atoms with Crippen LogP contribution in [0, 0.1) is 0 Å². The maximum atomic E-state index is 12.5. The lowest BCUT2D eigenvalue weighted by Gasteiger charge is -2.34. The fourth-order valence-electron chi connectivity index (χ4n) is 3.04. The first kappa shape index (κ1) is 18.0. The summed E-state index contributed by atoms with van der Waals surface area (Å²) in [4.78, 5) is 36.4. The Morgan fingerprint density at radius 3 is 2.23 bits per heavy atom. The molecule has 136 valence electrons. The molecule has 0 atom stereocenters. The van der Waals surface area contributed by atoms with E-state index in [1.807, 2.05) is 17.0 Å². The molecule has 6 nitrogen and oxygen atoms in total. The lowest BCUT2D eigenvalue weighted by molar-refractivity contribution is -0.131. The van der Waals surface area contributed by atoms with Crippen LogP contribution in [0.25, 0.3) is 0 Å². The Balaban J connectivity index is 1.52. The van der Waals surface area contributed by atoms with Crippen LogP contribution in [-0.4, -0.2) is 57.8 Å². The number of nitrogens with zero attached hydrogens (tertiary/aromatic N) is 4. The molecule has 2 amide bonds. The van der Waals surface area contributed by atoms with Crippen molar-refractivity contribution < 1.29 is 9.59 Å². The molecule has 0 saturated carbocycles. The molecule has 3 rings (SSSR count). The average molecular weight is 352 g/mol. The number of hydrogen-bond donors (Lipinski definition) is 0. The quantitative estimate of drug-likeness (QED) is 0.845. The second kappa shape index (κ2) is 8.08. The van der Waals surface area contributed by atoms with E-state index in [1.54, 1.807) is 11.1 Å². The largest absolute Gasteiger partial charge is 0.339 e. The van der Waals surface area contributed by atoms with Gasteiger partial charge in [-0.2, -0.15) is 0 Å². The van der Waals surface area contributed by atoms with Crippen molar-refractivity contribution in [2.24, 2.45) is 0 Å². The summed E-state index contributed by atoms with van der Waals surface area (Å²) in [7, 11) is 0. The normalized spacial score (nSPS) is 14.6. The topological polar surface area (TPSA) is 66.4 Å². The van der Waals surface area contributed by atoms with Crippen molar-refractivity contribution in [1.82, 2.24) is 19.8 Å². The van der Waals surface area contributed by atoms with Gasteiger partial charge in [0.2, 0.25) is 5.91 Å². The Labute approximate surface area is 153 Å². The molecule has 26 heavy (non-hydrogen) atoms. The zero-order valence-corrected chi connectivity index (χ0v) is 15.3. The summed E-state index contributed by atoms with van der Waals surface area (Å²) in [5.41, 5.74) is 2.65. The van der Waals surface area contributed by atoms with Crippen molar-refractivity contribution in [3.05, 3.63) is 59.7 Å². The summed E-state index contributed by atoms with van der Waals surface area (Å²) in [6.07, 6.45) is 4.93. The van der Waals surface area contributed by atoms with Gasteiger partial charge in [0.25, 0.3) is 5.91 Å². The van der Waals surface area contributed by atoms with Gasteiger partial charge in [-0.15, -0.1) is 0 Å². The van der Waals surface area contributed by atoms with Crippen LogP contribution in [0.3, 0.4) is 0 Å². The zero-order valence-electron chi connectivity index (χ0n) is 15.3. The molecule has 1 aliphatic heterocycles. The lowest BCUT2D eigenvalue weighted by Crippen LogP contribution is -2.51. The average Bonchev–Trinajstić information content (AvgIpc) is 2.68. The standard InChI is InChI=1S/C20H24N4O2/c1-15(2)17-5-3-16(4-6-17)13-19(25)23-9-11-24(12-10-23)20(26)18-14-21-7-8-22-18/h3-8,14-15H,9-13H2,1-2H3. The van der Waals surface area contributed by atoms with Crippen molar-refractivity contribution in [2.75, 3.05) is 26.2 Å². The van der Waals surface area contributed by atoms with E-state index in [2.05, 4.69) is 35.9 Å². The minimum absolute atomic E-state index is 0.105. The SMILES string of the molecule is CC(C)c1ccc(CC(=O)N2CCN(C(=O)c3cnccn3)CC2)cc1. The first-order chi connectivity index (χ1) is 12.5. The zero-order chi connectivity index (χ0) is 18.5. The van der Waals surface area contributed by atoms with Gasteiger partial charge in [0.05, 0.1) is 12.6 Å². The number of rotatable bonds is 4. The molecule has 2 heterocycles. The van der Waals surface area contributed by atoms with E-state index in [0.29, 0.717) is 44.2 Å². The van der Waals surface area contributed by atoms with E-state index in [4.69, 9.17) is 0 Å². The summed E-state index contributed by atoms with van der Waals surface area (Å²) in [5.74, 6) is 0.461. The van der Waals surface area contributed by atoms with Crippen LogP contribution in [0.2, 0.25) is 0 Å². The van der Waals surface area contributed by atoms with Crippen LogP contribution in [0.4, 0.5) is 0 Å². The van der Waals surface area contributed by atoms with Crippen molar-refractivity contribution in [3.63, 3.8) is 0 Å². The summed E-state index contributed by atoms with van der Waals surface area (Å²) in [6.45, 7) is 6.45. The highest BCUT2D eigenvalue weighted by molar-refractivity contribution is 5.92. The first-order valence-electron chi connectivity index (χ1n) is 8.96. The molecule has 0 aliphatic carbocycles. The summed E-state index contributed by atoms with van der Waals surface area (Å²) in [6, 6.07) is 8.23. The van der Waals surface area contributed by atoms with Gasteiger partial charge in [-0.05, 0) is 17.0 Å². The van der Waals surface area contributed by atoms with E-state index in [1.165, 1.54) is 18.0 Å². The van der Waals surface area contributed by atoms with Gasteiger partial charge in [-0.25, -0.2) is 4.98 Å². The number of piperazine rings is 1. The molecule has 1 fully saturated rings. The molecule has 2 aromatic rings. The van der Waals surface area contributed by atoms with Gasteiger partial charge in [0.15, 0.2) is 0 Å². The fourth-order valence-corrected chi connectivity index (χ4v) is 3.04. The maximum absolute atomic E-state index is 12.5. The molecule has 6 heteroatoms. The number of carbonyl (C=O) groups excluding carboxylic acids is 2. The van der Waals surface area contributed by atoms with E-state index < -0.39 is 0 Å². The van der Waals surface area contributed by atoms with Crippen LogP contribution in [-0.2, 0) is 11.2 Å². The van der Waals surface area contributed by atoms with Crippen LogP contribution >= 0.6 is 0 Å². The van der Waals surface area contributed by atoms with Crippen molar-refractivity contribution >= 4 is 11.8 Å². The van der Waals surface area contributed by atoms with E-state index in [-0.39, 0.29) is 11.8 Å². The van der Waals surface area contributed by atoms with Crippen LogP contribution in [0.1, 0.15) is 41.4 Å². The van der Waals surface area contributed by atoms with Gasteiger partial charge in [0.1, 0.15) is 5.69 Å². The third-order valence-corrected chi connectivity index (χ3v) is 4.70. The van der Waals surface area contributed by atoms with Gasteiger partial charge in [-0.3, -0.25) is 14.6 Å². The number of carbonyl (C=O) groups is 2. The van der Waals surface area contributed by atoms with Crippen molar-refractivity contribution in [1.29, 1.82) is 0 Å². The fraction of sp³-hybridized carbons (Fsp3) is 0.400. The molecular weight excluding hydrogens is 328 g/mol. The summed E-state index contributed by atoms with van der Waals surface area (Å²) >= 11 is 0. The van der Waals surface area contributed by atoms with Gasteiger partial charge >= 0.3 is 0 Å². The molecule has 1 saturated heterocycles. The Hall–Kier alpha value is -2.76. The van der Waals surface area contributed by atoms with E-state index >= 15 is 0 Å². The summed E-state index contributed by atoms with van der Waals surface area (Å²) in [5, 5.41) is 0. The second-order valence-electron chi connectivity index (χ2n) is 6.84. The third-order valence-electron chi connectivity index (χ3n) is 4.70. The van der Waals surface area contributed by atoms with Gasteiger partial charge in [-0.1, -0.05) is 38.1 Å². The number of aromatic nitrogens is 2.